The minimum absolute atomic E-state index is 0.0166. The normalized spacial score (nSPS) is 17.3. The van der Waals surface area contributed by atoms with Crippen LogP contribution in [0.3, 0.4) is 0 Å². The Hall–Kier alpha value is -3.00. The Balaban J connectivity index is 1.53. The van der Waals surface area contributed by atoms with E-state index < -0.39 is 0 Å². The van der Waals surface area contributed by atoms with Gasteiger partial charge in [-0.2, -0.15) is 5.10 Å². The Morgan fingerprint density at radius 3 is 2.96 bits per heavy atom. The van der Waals surface area contributed by atoms with Gasteiger partial charge in [0.15, 0.2) is 11.5 Å². The summed E-state index contributed by atoms with van der Waals surface area (Å²) in [6.07, 6.45) is 5.49. The number of rotatable bonds is 3. The quantitative estimate of drug-likeness (QED) is 0.657. The van der Waals surface area contributed by atoms with Crippen LogP contribution in [0.4, 0.5) is 5.82 Å². The molecule has 0 bridgehead atoms. The molecule has 4 heterocycles. The van der Waals surface area contributed by atoms with Gasteiger partial charge in [0.25, 0.3) is 5.91 Å². The van der Waals surface area contributed by atoms with Crippen LogP contribution in [0.15, 0.2) is 30.7 Å². The average Bonchev–Trinajstić information content (AvgIpc) is 3.30. The summed E-state index contributed by atoms with van der Waals surface area (Å²) in [5.74, 6) is 0.744. The van der Waals surface area contributed by atoms with Crippen LogP contribution in [0.5, 0.6) is 0 Å². The maximum absolute atomic E-state index is 11.8. The summed E-state index contributed by atoms with van der Waals surface area (Å²) >= 11 is 0. The second-order valence-corrected chi connectivity index (χ2v) is 6.71. The Labute approximate surface area is 150 Å². The molecule has 2 aliphatic rings. The van der Waals surface area contributed by atoms with Crippen LogP contribution >= 0.6 is 0 Å². The van der Waals surface area contributed by atoms with Crippen molar-refractivity contribution in [1.82, 2.24) is 30.2 Å². The molecule has 2 aromatic heterocycles. The molecule has 26 heavy (non-hydrogen) atoms. The number of nitrogens with zero attached hydrogens (tertiary/aromatic N) is 4. The fourth-order valence-corrected chi connectivity index (χ4v) is 3.67. The van der Waals surface area contributed by atoms with E-state index in [9.17, 15) is 4.79 Å². The Bertz CT molecular complexity index is 990. The molecule has 0 spiro atoms. The molecule has 0 saturated carbocycles. The number of carbonyl (C=O) groups is 1. The molecule has 3 N–H and O–H groups in total. The Kier molecular flexibility index (Phi) is 3.56. The highest BCUT2D eigenvalue weighted by atomic mass is 16.1. The van der Waals surface area contributed by atoms with Crippen LogP contribution in [0.2, 0.25) is 0 Å². The predicted octanol–water partition coefficient (Wildman–Crippen LogP) is 1.20. The Morgan fingerprint density at radius 2 is 2.08 bits per heavy atom. The van der Waals surface area contributed by atoms with Crippen LogP contribution < -0.4 is 16.0 Å². The highest BCUT2D eigenvalue weighted by Gasteiger charge is 2.21. The largest absolute Gasteiger partial charge is 0.364 e. The van der Waals surface area contributed by atoms with Gasteiger partial charge in [-0.25, -0.2) is 14.5 Å². The lowest BCUT2D eigenvalue weighted by Gasteiger charge is -2.24. The van der Waals surface area contributed by atoms with E-state index in [0.29, 0.717) is 12.6 Å². The molecule has 1 fully saturated rings. The van der Waals surface area contributed by atoms with Crippen molar-refractivity contribution in [1.29, 1.82) is 0 Å². The van der Waals surface area contributed by atoms with Gasteiger partial charge in [-0.3, -0.25) is 4.79 Å². The van der Waals surface area contributed by atoms with E-state index in [1.807, 2.05) is 28.9 Å². The van der Waals surface area contributed by atoms with Crippen LogP contribution in [-0.4, -0.2) is 44.6 Å². The molecule has 1 amide bonds. The molecule has 1 saturated heterocycles. The summed E-state index contributed by atoms with van der Waals surface area (Å²) in [6, 6.07) is 6.21. The summed E-state index contributed by atoms with van der Waals surface area (Å²) in [4.78, 5) is 20.8. The zero-order valence-corrected chi connectivity index (χ0v) is 14.2. The number of nitrogens with one attached hydrogen (secondary N) is 3. The fraction of sp³-hybridized carbons (Fsp3) is 0.333. The minimum Gasteiger partial charge on any atom is -0.364 e. The van der Waals surface area contributed by atoms with Crippen LogP contribution in [0.1, 0.15) is 28.8 Å². The summed E-state index contributed by atoms with van der Waals surface area (Å²) in [6.45, 7) is 2.59. The lowest BCUT2D eigenvalue weighted by molar-refractivity contribution is 0.0966. The first kappa shape index (κ1) is 15.3. The first-order valence-electron chi connectivity index (χ1n) is 8.87. The van der Waals surface area contributed by atoms with Crippen LogP contribution in [-0.2, 0) is 6.54 Å². The van der Waals surface area contributed by atoms with Gasteiger partial charge in [0, 0.05) is 23.7 Å². The van der Waals surface area contributed by atoms with E-state index in [-0.39, 0.29) is 5.91 Å². The highest BCUT2D eigenvalue weighted by Crippen LogP contribution is 2.27. The SMILES string of the molecule is O=C1NCc2cc(-c3cnc(NC4CCNCC4)c4ncnn34)ccc21. The topological polar surface area (TPSA) is 96.2 Å². The maximum Gasteiger partial charge on any atom is 0.251 e. The lowest BCUT2D eigenvalue weighted by Crippen LogP contribution is -2.35. The number of carbonyl (C=O) groups excluding carboxylic acids is 1. The second kappa shape index (κ2) is 6.06. The van der Waals surface area contributed by atoms with E-state index in [1.54, 1.807) is 6.33 Å². The number of benzene rings is 1. The fourth-order valence-electron chi connectivity index (χ4n) is 3.67. The molecule has 5 rings (SSSR count). The van der Waals surface area contributed by atoms with Crippen molar-refractivity contribution in [2.75, 3.05) is 18.4 Å². The molecular weight excluding hydrogens is 330 g/mol. The third kappa shape index (κ3) is 2.50. The second-order valence-electron chi connectivity index (χ2n) is 6.71. The molecule has 2 aliphatic heterocycles. The zero-order valence-electron chi connectivity index (χ0n) is 14.2. The molecule has 0 aliphatic carbocycles. The van der Waals surface area contributed by atoms with Gasteiger partial charge in [-0.05, 0) is 43.6 Å². The third-order valence-electron chi connectivity index (χ3n) is 5.07. The third-order valence-corrected chi connectivity index (χ3v) is 5.07. The standard InChI is InChI=1S/C18H19N7O/c26-18-14-2-1-11(7-12(14)8-21-18)15-9-20-16(17-22-10-23-25(15)17)24-13-3-5-19-6-4-13/h1-2,7,9-10,13,19H,3-6,8H2,(H,20,24)(H,21,26). The first-order chi connectivity index (χ1) is 12.8. The number of amides is 1. The molecular formula is C18H19N7O. The van der Waals surface area contributed by atoms with Crippen molar-refractivity contribution in [3.63, 3.8) is 0 Å². The smallest absolute Gasteiger partial charge is 0.251 e. The van der Waals surface area contributed by atoms with Crippen molar-refractivity contribution < 1.29 is 4.79 Å². The highest BCUT2D eigenvalue weighted by molar-refractivity contribution is 5.98. The van der Waals surface area contributed by atoms with E-state index in [4.69, 9.17) is 0 Å². The average molecular weight is 349 g/mol. The van der Waals surface area contributed by atoms with Gasteiger partial charge in [-0.15, -0.1) is 0 Å². The van der Waals surface area contributed by atoms with E-state index in [1.165, 1.54) is 0 Å². The molecule has 8 nitrogen and oxygen atoms in total. The number of piperidine rings is 1. The molecule has 1 aromatic carbocycles. The molecule has 0 atom stereocenters. The van der Waals surface area contributed by atoms with Crippen LogP contribution in [0.25, 0.3) is 16.9 Å². The van der Waals surface area contributed by atoms with E-state index in [0.717, 1.165) is 59.8 Å². The van der Waals surface area contributed by atoms with Crippen molar-refractivity contribution >= 4 is 17.4 Å². The number of hydrogen-bond donors (Lipinski definition) is 3. The van der Waals surface area contributed by atoms with E-state index >= 15 is 0 Å². The van der Waals surface area contributed by atoms with Gasteiger partial charge >= 0.3 is 0 Å². The van der Waals surface area contributed by atoms with Crippen molar-refractivity contribution in [3.8, 4) is 11.3 Å². The number of hydrogen-bond acceptors (Lipinski definition) is 6. The molecule has 8 heteroatoms. The summed E-state index contributed by atoms with van der Waals surface area (Å²) in [5, 5.41) is 14.1. The zero-order chi connectivity index (χ0) is 17.5. The van der Waals surface area contributed by atoms with Gasteiger partial charge in [0.2, 0.25) is 0 Å². The van der Waals surface area contributed by atoms with Gasteiger partial charge in [-0.1, -0.05) is 6.07 Å². The van der Waals surface area contributed by atoms with Crippen molar-refractivity contribution in [3.05, 3.63) is 41.9 Å². The Morgan fingerprint density at radius 1 is 1.19 bits per heavy atom. The minimum atomic E-state index is -0.0166. The van der Waals surface area contributed by atoms with Crippen LogP contribution in [0, 0.1) is 0 Å². The first-order valence-corrected chi connectivity index (χ1v) is 8.87. The summed E-state index contributed by atoms with van der Waals surface area (Å²) in [7, 11) is 0. The number of anilines is 1. The summed E-state index contributed by atoms with van der Waals surface area (Å²) in [5.41, 5.74) is 4.28. The number of aromatic nitrogens is 4. The lowest BCUT2D eigenvalue weighted by atomic mass is 10.0. The van der Waals surface area contributed by atoms with Crippen molar-refractivity contribution in [2.24, 2.45) is 0 Å². The van der Waals surface area contributed by atoms with E-state index in [2.05, 4.69) is 31.0 Å². The molecule has 132 valence electrons. The van der Waals surface area contributed by atoms with Gasteiger partial charge in [0.05, 0.1) is 11.9 Å². The maximum atomic E-state index is 11.8. The number of fused-ring (bicyclic) bond motifs is 2. The van der Waals surface area contributed by atoms with Gasteiger partial charge < -0.3 is 16.0 Å². The predicted molar refractivity (Wildman–Crippen MR) is 96.9 cm³/mol. The molecule has 3 aromatic rings. The molecule has 0 radical (unpaired) electrons. The summed E-state index contributed by atoms with van der Waals surface area (Å²) < 4.78 is 1.81. The monoisotopic (exact) mass is 349 g/mol. The molecule has 0 unspecified atom stereocenters. The van der Waals surface area contributed by atoms with Gasteiger partial charge in [0.1, 0.15) is 6.33 Å². The van der Waals surface area contributed by atoms with Crippen molar-refractivity contribution in [2.45, 2.75) is 25.4 Å².